The van der Waals surface area contributed by atoms with Crippen LogP contribution in [-0.4, -0.2) is 0 Å². The lowest BCUT2D eigenvalue weighted by Crippen LogP contribution is -2.04. The van der Waals surface area contributed by atoms with Gasteiger partial charge in [0.15, 0.2) is 0 Å². The summed E-state index contributed by atoms with van der Waals surface area (Å²) < 4.78 is 0.900. The van der Waals surface area contributed by atoms with Crippen LogP contribution in [0.1, 0.15) is 40.5 Å². The standard InChI is InChI=1S/C17H15BrCl2/c18-15-8-7-14(10-16(15)19)17(20)13-6-5-11-3-1-2-4-12(11)9-13/h5-10,17H,1-4H2. The zero-order valence-corrected chi connectivity index (χ0v) is 14.1. The van der Waals surface area contributed by atoms with Gasteiger partial charge < -0.3 is 0 Å². The number of hydrogen-bond acceptors (Lipinski definition) is 0. The van der Waals surface area contributed by atoms with Crippen LogP contribution in [0.5, 0.6) is 0 Å². The van der Waals surface area contributed by atoms with Gasteiger partial charge in [-0.2, -0.15) is 0 Å². The van der Waals surface area contributed by atoms with Crippen molar-refractivity contribution in [2.45, 2.75) is 31.1 Å². The van der Waals surface area contributed by atoms with E-state index in [1.165, 1.54) is 36.8 Å². The molecule has 0 aromatic heterocycles. The maximum absolute atomic E-state index is 6.62. The van der Waals surface area contributed by atoms with E-state index in [1.807, 2.05) is 18.2 Å². The van der Waals surface area contributed by atoms with Crippen LogP contribution in [0, 0.1) is 0 Å². The van der Waals surface area contributed by atoms with Gasteiger partial charge in [-0.05, 0) is 76.0 Å². The van der Waals surface area contributed by atoms with Crippen molar-refractivity contribution in [2.75, 3.05) is 0 Å². The zero-order valence-electron chi connectivity index (χ0n) is 11.0. The predicted molar refractivity (Wildman–Crippen MR) is 89.9 cm³/mol. The molecule has 0 radical (unpaired) electrons. The smallest absolute Gasteiger partial charge is 0.0836 e. The van der Waals surface area contributed by atoms with E-state index in [0.29, 0.717) is 5.02 Å². The molecule has 0 amide bonds. The summed E-state index contributed by atoms with van der Waals surface area (Å²) >= 11 is 16.2. The number of rotatable bonds is 2. The molecule has 20 heavy (non-hydrogen) atoms. The van der Waals surface area contributed by atoms with E-state index < -0.39 is 0 Å². The topological polar surface area (TPSA) is 0 Å². The summed E-state index contributed by atoms with van der Waals surface area (Å²) in [7, 11) is 0. The van der Waals surface area contributed by atoms with Gasteiger partial charge >= 0.3 is 0 Å². The maximum Gasteiger partial charge on any atom is 0.0836 e. The largest absolute Gasteiger partial charge is 0.113 e. The number of fused-ring (bicyclic) bond motifs is 1. The highest BCUT2D eigenvalue weighted by Gasteiger charge is 2.15. The molecular formula is C17H15BrCl2. The van der Waals surface area contributed by atoms with E-state index in [2.05, 4.69) is 34.1 Å². The van der Waals surface area contributed by atoms with Gasteiger partial charge in [-0.15, -0.1) is 11.6 Å². The SMILES string of the molecule is Clc1cc(C(Cl)c2ccc3c(c2)CCCC3)ccc1Br. The minimum absolute atomic E-state index is 0.146. The van der Waals surface area contributed by atoms with Crippen LogP contribution in [0.3, 0.4) is 0 Å². The molecule has 0 nitrogen and oxygen atoms in total. The van der Waals surface area contributed by atoms with Crippen molar-refractivity contribution < 1.29 is 0 Å². The van der Waals surface area contributed by atoms with Crippen molar-refractivity contribution in [3.05, 3.63) is 68.1 Å². The Morgan fingerprint density at radius 2 is 1.55 bits per heavy atom. The molecule has 1 atom stereocenters. The molecule has 3 heteroatoms. The Hall–Kier alpha value is -0.500. The minimum Gasteiger partial charge on any atom is -0.113 e. The molecule has 104 valence electrons. The average molecular weight is 370 g/mol. The van der Waals surface area contributed by atoms with E-state index in [-0.39, 0.29) is 5.38 Å². The predicted octanol–water partition coefficient (Wildman–Crippen LogP) is 6.31. The first-order valence-electron chi connectivity index (χ1n) is 6.86. The highest BCUT2D eigenvalue weighted by molar-refractivity contribution is 9.10. The second kappa shape index (κ2) is 6.09. The molecule has 1 unspecified atom stereocenters. The van der Waals surface area contributed by atoms with E-state index in [4.69, 9.17) is 23.2 Å². The first kappa shape index (κ1) is 14.4. The Balaban J connectivity index is 1.93. The number of benzene rings is 2. The molecule has 0 fully saturated rings. The zero-order chi connectivity index (χ0) is 14.1. The van der Waals surface area contributed by atoms with Crippen LogP contribution in [0.15, 0.2) is 40.9 Å². The molecule has 0 bridgehead atoms. The molecule has 0 heterocycles. The molecule has 2 aromatic rings. The average Bonchev–Trinajstić information content (AvgIpc) is 2.49. The van der Waals surface area contributed by atoms with Crippen LogP contribution in [-0.2, 0) is 12.8 Å². The fourth-order valence-corrected chi connectivity index (χ4v) is 3.48. The monoisotopic (exact) mass is 368 g/mol. The highest BCUT2D eigenvalue weighted by Crippen LogP contribution is 2.34. The lowest BCUT2D eigenvalue weighted by Gasteiger charge is -2.19. The number of alkyl halides is 1. The first-order valence-corrected chi connectivity index (χ1v) is 8.46. The molecule has 0 N–H and O–H groups in total. The van der Waals surface area contributed by atoms with E-state index >= 15 is 0 Å². The normalized spacial score (nSPS) is 15.8. The van der Waals surface area contributed by atoms with Crippen molar-refractivity contribution in [3.63, 3.8) is 0 Å². The van der Waals surface area contributed by atoms with Crippen LogP contribution < -0.4 is 0 Å². The fraction of sp³-hybridized carbons (Fsp3) is 0.294. The Morgan fingerprint density at radius 3 is 2.30 bits per heavy atom. The van der Waals surface area contributed by atoms with Crippen molar-refractivity contribution in [2.24, 2.45) is 0 Å². The number of halogens is 3. The van der Waals surface area contributed by atoms with Crippen molar-refractivity contribution in [1.29, 1.82) is 0 Å². The molecule has 3 rings (SSSR count). The summed E-state index contributed by atoms with van der Waals surface area (Å²) in [4.78, 5) is 0. The molecular weight excluding hydrogens is 355 g/mol. The summed E-state index contributed by atoms with van der Waals surface area (Å²) in [6.45, 7) is 0. The van der Waals surface area contributed by atoms with Gasteiger partial charge in [0, 0.05) is 4.47 Å². The third-order valence-corrected chi connectivity index (χ3v) is 5.64. The Labute approximate surface area is 138 Å². The van der Waals surface area contributed by atoms with Gasteiger partial charge in [0.25, 0.3) is 0 Å². The minimum atomic E-state index is -0.146. The molecule has 0 aliphatic heterocycles. The highest BCUT2D eigenvalue weighted by atomic mass is 79.9. The quantitative estimate of drug-likeness (QED) is 0.544. The van der Waals surface area contributed by atoms with Gasteiger partial charge in [-0.3, -0.25) is 0 Å². The fourth-order valence-electron chi connectivity index (χ4n) is 2.77. The van der Waals surface area contributed by atoms with Gasteiger partial charge in [0.2, 0.25) is 0 Å². The van der Waals surface area contributed by atoms with Gasteiger partial charge in [-0.25, -0.2) is 0 Å². The van der Waals surface area contributed by atoms with Crippen LogP contribution in [0.25, 0.3) is 0 Å². The molecule has 2 aromatic carbocycles. The van der Waals surface area contributed by atoms with Gasteiger partial charge in [0.05, 0.1) is 10.4 Å². The van der Waals surface area contributed by atoms with Crippen molar-refractivity contribution in [3.8, 4) is 0 Å². The third kappa shape index (κ3) is 2.90. The van der Waals surface area contributed by atoms with Crippen molar-refractivity contribution in [1.82, 2.24) is 0 Å². The lowest BCUT2D eigenvalue weighted by atomic mass is 9.89. The number of hydrogen-bond donors (Lipinski definition) is 0. The van der Waals surface area contributed by atoms with E-state index in [9.17, 15) is 0 Å². The summed E-state index contributed by atoms with van der Waals surface area (Å²) in [5.41, 5.74) is 5.14. The van der Waals surface area contributed by atoms with Crippen LogP contribution >= 0.6 is 39.1 Å². The summed E-state index contributed by atoms with van der Waals surface area (Å²) in [6.07, 6.45) is 4.97. The first-order chi connectivity index (χ1) is 9.65. The second-order valence-electron chi connectivity index (χ2n) is 5.27. The lowest BCUT2D eigenvalue weighted by molar-refractivity contribution is 0.684. The van der Waals surface area contributed by atoms with Gasteiger partial charge in [-0.1, -0.05) is 35.9 Å². The molecule has 1 aliphatic carbocycles. The number of aryl methyl sites for hydroxylation is 2. The van der Waals surface area contributed by atoms with Crippen LogP contribution in [0.2, 0.25) is 5.02 Å². The Bertz CT molecular complexity index is 637. The molecule has 1 aliphatic rings. The maximum atomic E-state index is 6.62. The summed E-state index contributed by atoms with van der Waals surface area (Å²) in [6, 6.07) is 12.6. The van der Waals surface area contributed by atoms with Crippen molar-refractivity contribution >= 4 is 39.1 Å². The van der Waals surface area contributed by atoms with E-state index in [0.717, 1.165) is 15.6 Å². The molecule has 0 spiro atoms. The third-order valence-electron chi connectivity index (χ3n) is 3.90. The van der Waals surface area contributed by atoms with E-state index in [1.54, 1.807) is 0 Å². The molecule has 0 saturated carbocycles. The summed E-state index contributed by atoms with van der Waals surface area (Å²) in [5, 5.41) is 0.555. The molecule has 0 saturated heterocycles. The second-order valence-corrected chi connectivity index (χ2v) is 6.97. The summed E-state index contributed by atoms with van der Waals surface area (Å²) in [5.74, 6) is 0. The Kier molecular flexibility index (Phi) is 4.40. The van der Waals surface area contributed by atoms with Crippen LogP contribution in [0.4, 0.5) is 0 Å². The van der Waals surface area contributed by atoms with Gasteiger partial charge in [0.1, 0.15) is 0 Å². The Morgan fingerprint density at radius 1 is 0.900 bits per heavy atom.